The second-order valence-electron chi connectivity index (χ2n) is 6.82. The summed E-state index contributed by atoms with van der Waals surface area (Å²) in [4.78, 5) is 36.7. The lowest BCUT2D eigenvalue weighted by Gasteiger charge is -2.36. The molecule has 0 spiro atoms. The van der Waals surface area contributed by atoms with Crippen LogP contribution >= 0.6 is 0 Å². The Morgan fingerprint density at radius 1 is 1.22 bits per heavy atom. The fourth-order valence-corrected chi connectivity index (χ4v) is 3.90. The molecule has 6 nitrogen and oxygen atoms in total. The van der Waals surface area contributed by atoms with Crippen molar-refractivity contribution in [1.82, 2.24) is 19.4 Å². The highest BCUT2D eigenvalue weighted by Gasteiger charge is 2.30. The molecule has 0 aliphatic carbocycles. The number of likely N-dealkylation sites (tertiary alicyclic amines) is 1. The van der Waals surface area contributed by atoms with Crippen LogP contribution in [0.5, 0.6) is 0 Å². The predicted molar refractivity (Wildman–Crippen MR) is 104 cm³/mol. The number of pyridine rings is 3. The standard InChI is InChI=1S/C21H22N4O2/c1-2-24-19-15(7-6-11-23-19)13-17(20(24)26)21(27)25-12-4-3-9-18(25)16-8-5-10-22-14-16/h5-8,10-11,13-14,18H,2-4,9,12H2,1H3. The van der Waals surface area contributed by atoms with Crippen LogP contribution in [0.4, 0.5) is 0 Å². The van der Waals surface area contributed by atoms with E-state index in [0.29, 0.717) is 18.7 Å². The van der Waals surface area contributed by atoms with Crippen LogP contribution in [0, 0.1) is 0 Å². The highest BCUT2D eigenvalue weighted by Crippen LogP contribution is 2.31. The maximum atomic E-state index is 13.4. The van der Waals surface area contributed by atoms with Crippen molar-refractivity contribution in [2.75, 3.05) is 6.54 Å². The number of aromatic nitrogens is 3. The number of fused-ring (bicyclic) bond motifs is 1. The summed E-state index contributed by atoms with van der Waals surface area (Å²) >= 11 is 0. The molecule has 3 aromatic rings. The zero-order chi connectivity index (χ0) is 18.8. The van der Waals surface area contributed by atoms with Crippen molar-refractivity contribution in [2.24, 2.45) is 0 Å². The van der Waals surface area contributed by atoms with Gasteiger partial charge in [0.25, 0.3) is 11.5 Å². The Morgan fingerprint density at radius 3 is 2.85 bits per heavy atom. The Balaban J connectivity index is 1.79. The molecule has 1 unspecified atom stereocenters. The third-order valence-corrected chi connectivity index (χ3v) is 5.23. The third kappa shape index (κ3) is 3.12. The maximum absolute atomic E-state index is 13.4. The largest absolute Gasteiger partial charge is 0.331 e. The lowest BCUT2D eigenvalue weighted by Crippen LogP contribution is -2.41. The topological polar surface area (TPSA) is 68.1 Å². The molecule has 0 N–H and O–H groups in total. The first-order valence-corrected chi connectivity index (χ1v) is 9.40. The lowest BCUT2D eigenvalue weighted by molar-refractivity contribution is 0.0609. The van der Waals surface area contributed by atoms with Gasteiger partial charge in [-0.1, -0.05) is 6.07 Å². The van der Waals surface area contributed by atoms with E-state index in [1.807, 2.05) is 42.3 Å². The summed E-state index contributed by atoms with van der Waals surface area (Å²) in [5.41, 5.74) is 1.57. The number of hydrogen-bond acceptors (Lipinski definition) is 4. The summed E-state index contributed by atoms with van der Waals surface area (Å²) in [7, 11) is 0. The molecule has 1 aliphatic heterocycles. The van der Waals surface area contributed by atoms with Crippen LogP contribution in [-0.4, -0.2) is 31.9 Å². The molecule has 4 heterocycles. The Bertz CT molecular complexity index is 1030. The highest BCUT2D eigenvalue weighted by atomic mass is 16.2. The minimum Gasteiger partial charge on any atom is -0.331 e. The fraction of sp³-hybridized carbons (Fsp3) is 0.333. The zero-order valence-corrected chi connectivity index (χ0v) is 15.3. The molecule has 1 amide bonds. The van der Waals surface area contributed by atoms with Crippen LogP contribution < -0.4 is 5.56 Å². The molecule has 138 valence electrons. The van der Waals surface area contributed by atoms with Gasteiger partial charge >= 0.3 is 0 Å². The molecule has 0 aromatic carbocycles. The van der Waals surface area contributed by atoms with Gasteiger partial charge < -0.3 is 4.90 Å². The number of hydrogen-bond donors (Lipinski definition) is 0. The number of amides is 1. The van der Waals surface area contributed by atoms with Crippen molar-refractivity contribution in [2.45, 2.75) is 38.8 Å². The molecule has 6 heteroatoms. The van der Waals surface area contributed by atoms with Crippen molar-refractivity contribution < 1.29 is 4.79 Å². The van der Waals surface area contributed by atoms with Gasteiger partial charge in [-0.3, -0.25) is 19.1 Å². The van der Waals surface area contributed by atoms with Crippen molar-refractivity contribution in [3.63, 3.8) is 0 Å². The average molecular weight is 362 g/mol. The average Bonchev–Trinajstić information content (AvgIpc) is 2.73. The van der Waals surface area contributed by atoms with Crippen molar-refractivity contribution in [3.8, 4) is 0 Å². The van der Waals surface area contributed by atoms with Crippen LogP contribution in [-0.2, 0) is 6.54 Å². The van der Waals surface area contributed by atoms with E-state index >= 15 is 0 Å². The molecule has 3 aromatic heterocycles. The number of piperidine rings is 1. The van der Waals surface area contributed by atoms with E-state index in [-0.39, 0.29) is 23.1 Å². The number of carbonyl (C=O) groups excluding carboxylic acids is 1. The van der Waals surface area contributed by atoms with E-state index in [2.05, 4.69) is 9.97 Å². The summed E-state index contributed by atoms with van der Waals surface area (Å²) in [6, 6.07) is 9.24. The summed E-state index contributed by atoms with van der Waals surface area (Å²) < 4.78 is 1.57. The van der Waals surface area contributed by atoms with Crippen molar-refractivity contribution in [3.05, 3.63) is 70.4 Å². The van der Waals surface area contributed by atoms with Crippen molar-refractivity contribution >= 4 is 16.9 Å². The predicted octanol–water partition coefficient (Wildman–Crippen LogP) is 3.18. The minimum atomic E-state index is -0.274. The Morgan fingerprint density at radius 2 is 2.07 bits per heavy atom. The molecule has 27 heavy (non-hydrogen) atoms. The maximum Gasteiger partial charge on any atom is 0.265 e. The Kier molecular flexibility index (Phi) is 4.71. The number of aryl methyl sites for hydroxylation is 1. The van der Waals surface area contributed by atoms with Crippen LogP contribution in [0.25, 0.3) is 11.0 Å². The summed E-state index contributed by atoms with van der Waals surface area (Å²) in [5.74, 6) is -0.207. The van der Waals surface area contributed by atoms with Crippen LogP contribution in [0.2, 0.25) is 0 Å². The van der Waals surface area contributed by atoms with E-state index in [1.165, 1.54) is 0 Å². The molecule has 0 saturated carbocycles. The molecule has 1 fully saturated rings. The molecular formula is C21H22N4O2. The SMILES string of the molecule is CCn1c(=O)c(C(=O)N2CCCCC2c2cccnc2)cc2cccnc21. The van der Waals surface area contributed by atoms with Gasteiger partial charge in [0.05, 0.1) is 6.04 Å². The van der Waals surface area contributed by atoms with E-state index < -0.39 is 0 Å². The number of nitrogens with zero attached hydrogens (tertiary/aromatic N) is 4. The van der Waals surface area contributed by atoms with Gasteiger partial charge in [0.15, 0.2) is 0 Å². The first kappa shape index (κ1) is 17.4. The quantitative estimate of drug-likeness (QED) is 0.718. The summed E-state index contributed by atoms with van der Waals surface area (Å²) in [6.45, 7) is 3.01. The normalized spacial score (nSPS) is 17.2. The number of carbonyl (C=O) groups is 1. The fourth-order valence-electron chi connectivity index (χ4n) is 3.90. The van der Waals surface area contributed by atoms with Gasteiger partial charge in [0.2, 0.25) is 0 Å². The van der Waals surface area contributed by atoms with Crippen LogP contribution in [0.1, 0.15) is 48.1 Å². The molecule has 0 bridgehead atoms. The number of rotatable bonds is 3. The van der Waals surface area contributed by atoms with Gasteiger partial charge in [0.1, 0.15) is 11.2 Å². The molecule has 1 saturated heterocycles. The third-order valence-electron chi connectivity index (χ3n) is 5.23. The van der Waals surface area contributed by atoms with Gasteiger partial charge in [-0.05, 0) is 56.0 Å². The summed E-state index contributed by atoms with van der Waals surface area (Å²) in [6.07, 6.45) is 8.09. The minimum absolute atomic E-state index is 0.0426. The molecule has 4 rings (SSSR count). The van der Waals surface area contributed by atoms with E-state index in [0.717, 1.165) is 30.2 Å². The Labute approximate surface area is 157 Å². The smallest absolute Gasteiger partial charge is 0.265 e. The van der Waals surface area contributed by atoms with Crippen LogP contribution in [0.15, 0.2) is 53.7 Å². The first-order chi connectivity index (χ1) is 13.2. The van der Waals surface area contributed by atoms with Crippen molar-refractivity contribution in [1.29, 1.82) is 0 Å². The second kappa shape index (κ2) is 7.31. The summed E-state index contributed by atoms with van der Waals surface area (Å²) in [5, 5.41) is 0.803. The van der Waals surface area contributed by atoms with E-state index in [4.69, 9.17) is 0 Å². The van der Waals surface area contributed by atoms with Gasteiger partial charge in [-0.15, -0.1) is 0 Å². The van der Waals surface area contributed by atoms with Gasteiger partial charge in [-0.25, -0.2) is 4.98 Å². The van der Waals surface area contributed by atoms with Crippen LogP contribution in [0.3, 0.4) is 0 Å². The molecule has 0 radical (unpaired) electrons. The van der Waals surface area contributed by atoms with E-state index in [9.17, 15) is 9.59 Å². The lowest BCUT2D eigenvalue weighted by atomic mass is 9.95. The Hall–Kier alpha value is -3.02. The van der Waals surface area contributed by atoms with Gasteiger partial charge in [-0.2, -0.15) is 0 Å². The zero-order valence-electron chi connectivity index (χ0n) is 15.3. The first-order valence-electron chi connectivity index (χ1n) is 9.40. The highest BCUT2D eigenvalue weighted by molar-refractivity contribution is 5.97. The monoisotopic (exact) mass is 362 g/mol. The second-order valence-corrected chi connectivity index (χ2v) is 6.82. The molecule has 1 aliphatic rings. The van der Waals surface area contributed by atoms with E-state index in [1.54, 1.807) is 23.0 Å². The van der Waals surface area contributed by atoms with Gasteiger partial charge in [0, 0.05) is 37.1 Å². The molecule has 1 atom stereocenters. The molecular weight excluding hydrogens is 340 g/mol.